The molecule has 21 heavy (non-hydrogen) atoms. The maximum Gasteiger partial charge on any atom is 0.223 e. The molecule has 0 bridgehead atoms. The molecule has 1 amide bonds. The number of halogens is 1. The Bertz CT molecular complexity index is 431. The van der Waals surface area contributed by atoms with Gasteiger partial charge >= 0.3 is 0 Å². The van der Waals surface area contributed by atoms with Crippen molar-refractivity contribution in [2.75, 3.05) is 13.6 Å². The zero-order valence-electron chi connectivity index (χ0n) is 13.8. The van der Waals surface area contributed by atoms with Gasteiger partial charge < -0.3 is 10.6 Å². The van der Waals surface area contributed by atoms with Gasteiger partial charge in [0.05, 0.1) is 0 Å². The first kappa shape index (κ1) is 19.9. The van der Waals surface area contributed by atoms with E-state index in [0.29, 0.717) is 18.9 Å². The molecule has 0 aliphatic carbocycles. The first-order valence-corrected chi connectivity index (χ1v) is 7.42. The second-order valence-corrected chi connectivity index (χ2v) is 6.02. The van der Waals surface area contributed by atoms with Crippen LogP contribution in [0.5, 0.6) is 0 Å². The number of benzene rings is 1. The molecule has 2 N–H and O–H groups in total. The van der Waals surface area contributed by atoms with Crippen LogP contribution in [0.2, 0.25) is 0 Å². The Morgan fingerprint density at radius 3 is 2.00 bits per heavy atom. The van der Waals surface area contributed by atoms with E-state index in [2.05, 4.69) is 45.0 Å². The Labute approximate surface area is 135 Å². The van der Waals surface area contributed by atoms with Crippen molar-refractivity contribution in [3.63, 3.8) is 0 Å². The van der Waals surface area contributed by atoms with Crippen molar-refractivity contribution in [3.05, 3.63) is 35.4 Å². The van der Waals surface area contributed by atoms with E-state index in [-0.39, 0.29) is 30.3 Å². The first-order valence-electron chi connectivity index (χ1n) is 7.42. The zero-order valence-corrected chi connectivity index (χ0v) is 14.6. The van der Waals surface area contributed by atoms with Gasteiger partial charge in [0, 0.05) is 26.1 Å². The van der Waals surface area contributed by atoms with Crippen LogP contribution in [-0.4, -0.2) is 30.4 Å². The Balaban J connectivity index is 0.00000400. The second kappa shape index (κ2) is 9.06. The van der Waals surface area contributed by atoms with E-state index < -0.39 is 0 Å². The van der Waals surface area contributed by atoms with Crippen molar-refractivity contribution < 1.29 is 4.79 Å². The Morgan fingerprint density at radius 2 is 1.57 bits per heavy atom. The molecule has 120 valence electrons. The lowest BCUT2D eigenvalue weighted by Gasteiger charge is -2.25. The highest BCUT2D eigenvalue weighted by Gasteiger charge is 2.18. The van der Waals surface area contributed by atoms with Gasteiger partial charge in [-0.25, -0.2) is 0 Å². The van der Waals surface area contributed by atoms with Gasteiger partial charge in [0.25, 0.3) is 0 Å². The maximum absolute atomic E-state index is 12.2. The van der Waals surface area contributed by atoms with E-state index >= 15 is 0 Å². The monoisotopic (exact) mass is 312 g/mol. The van der Waals surface area contributed by atoms with Crippen LogP contribution in [0.1, 0.15) is 57.1 Å². The summed E-state index contributed by atoms with van der Waals surface area (Å²) in [5.41, 5.74) is 8.16. The van der Waals surface area contributed by atoms with Gasteiger partial charge in [-0.1, -0.05) is 45.0 Å². The predicted octanol–water partition coefficient (Wildman–Crippen LogP) is 3.53. The normalized spacial score (nSPS) is 13.5. The van der Waals surface area contributed by atoms with E-state index in [9.17, 15) is 4.79 Å². The fourth-order valence-corrected chi connectivity index (χ4v) is 2.14. The van der Waals surface area contributed by atoms with E-state index in [1.807, 2.05) is 14.0 Å². The number of carbonyl (C=O) groups excluding carboxylic acids is 1. The number of rotatable bonds is 6. The highest BCUT2D eigenvalue weighted by atomic mass is 35.5. The maximum atomic E-state index is 12.2. The summed E-state index contributed by atoms with van der Waals surface area (Å²) in [6.45, 7) is 8.94. The number of nitrogens with two attached hydrogens (primary N) is 1. The summed E-state index contributed by atoms with van der Waals surface area (Å²) in [6, 6.07) is 8.69. The number of amides is 1. The van der Waals surface area contributed by atoms with Gasteiger partial charge in [-0.2, -0.15) is 0 Å². The van der Waals surface area contributed by atoms with Crippen LogP contribution >= 0.6 is 12.4 Å². The van der Waals surface area contributed by atoms with Gasteiger partial charge in [0.15, 0.2) is 0 Å². The molecule has 0 saturated heterocycles. The SMILES string of the molecule is CC(C)c1ccc(C(C)CC(=O)N(C)C(C)CN)cc1.Cl. The molecule has 0 spiro atoms. The molecule has 0 saturated carbocycles. The molecule has 0 aliphatic heterocycles. The third kappa shape index (κ3) is 5.68. The smallest absolute Gasteiger partial charge is 0.223 e. The van der Waals surface area contributed by atoms with Crippen molar-refractivity contribution in [3.8, 4) is 0 Å². The van der Waals surface area contributed by atoms with Gasteiger partial charge in [0.1, 0.15) is 0 Å². The summed E-state index contributed by atoms with van der Waals surface area (Å²) in [7, 11) is 1.83. The molecule has 0 fully saturated rings. The van der Waals surface area contributed by atoms with Crippen molar-refractivity contribution in [2.45, 2.75) is 52.0 Å². The fourth-order valence-electron chi connectivity index (χ4n) is 2.14. The van der Waals surface area contributed by atoms with Crippen molar-refractivity contribution in [1.82, 2.24) is 4.90 Å². The standard InChI is InChI=1S/C17H28N2O.ClH/c1-12(2)15-6-8-16(9-7-15)13(3)10-17(20)19(5)14(4)11-18;/h6-9,12-14H,10-11,18H2,1-5H3;1H. The highest BCUT2D eigenvalue weighted by Crippen LogP contribution is 2.23. The van der Waals surface area contributed by atoms with Crippen molar-refractivity contribution in [2.24, 2.45) is 5.73 Å². The van der Waals surface area contributed by atoms with Gasteiger partial charge in [-0.15, -0.1) is 12.4 Å². The summed E-state index contributed by atoms with van der Waals surface area (Å²) in [4.78, 5) is 13.9. The second-order valence-electron chi connectivity index (χ2n) is 6.02. The molecule has 0 aliphatic rings. The van der Waals surface area contributed by atoms with Gasteiger partial charge in [0.2, 0.25) is 5.91 Å². The molecule has 1 rings (SSSR count). The molecule has 1 aromatic carbocycles. The number of carbonyl (C=O) groups is 1. The van der Waals surface area contributed by atoms with Crippen LogP contribution < -0.4 is 5.73 Å². The molecule has 1 aromatic rings. The van der Waals surface area contributed by atoms with Crippen LogP contribution in [-0.2, 0) is 4.79 Å². The van der Waals surface area contributed by atoms with Crippen LogP contribution in [0.4, 0.5) is 0 Å². The molecule has 0 aromatic heterocycles. The molecule has 2 atom stereocenters. The van der Waals surface area contributed by atoms with Crippen LogP contribution in [0, 0.1) is 0 Å². The third-order valence-electron chi connectivity index (χ3n) is 4.05. The zero-order chi connectivity index (χ0) is 15.3. The minimum absolute atomic E-state index is 0. The molecule has 4 heteroatoms. The summed E-state index contributed by atoms with van der Waals surface area (Å²) < 4.78 is 0. The molecule has 0 radical (unpaired) electrons. The Kier molecular flexibility index (Phi) is 8.60. The number of hydrogen-bond donors (Lipinski definition) is 1. The molecule has 0 heterocycles. The summed E-state index contributed by atoms with van der Waals surface area (Å²) >= 11 is 0. The number of hydrogen-bond acceptors (Lipinski definition) is 2. The average Bonchev–Trinajstić information content (AvgIpc) is 2.45. The van der Waals surface area contributed by atoms with Crippen LogP contribution in [0.25, 0.3) is 0 Å². The van der Waals surface area contributed by atoms with Crippen LogP contribution in [0.15, 0.2) is 24.3 Å². The lowest BCUT2D eigenvalue weighted by atomic mass is 9.94. The molecule has 2 unspecified atom stereocenters. The minimum Gasteiger partial charge on any atom is -0.342 e. The fraction of sp³-hybridized carbons (Fsp3) is 0.588. The predicted molar refractivity (Wildman–Crippen MR) is 92.1 cm³/mol. The molecular formula is C17H29ClN2O. The van der Waals surface area contributed by atoms with E-state index in [0.717, 1.165) is 0 Å². The van der Waals surface area contributed by atoms with Crippen LogP contribution in [0.3, 0.4) is 0 Å². The number of likely N-dealkylation sites (N-methyl/N-ethyl adjacent to an activating group) is 1. The topological polar surface area (TPSA) is 46.3 Å². The quantitative estimate of drug-likeness (QED) is 0.873. The van der Waals surface area contributed by atoms with Gasteiger partial charge in [-0.05, 0) is 29.9 Å². The summed E-state index contributed by atoms with van der Waals surface area (Å²) in [5, 5.41) is 0. The van der Waals surface area contributed by atoms with E-state index in [1.54, 1.807) is 4.90 Å². The van der Waals surface area contributed by atoms with Gasteiger partial charge in [-0.3, -0.25) is 4.79 Å². The van der Waals surface area contributed by atoms with Crippen molar-refractivity contribution >= 4 is 18.3 Å². The summed E-state index contributed by atoms with van der Waals surface area (Å²) in [6.07, 6.45) is 0.530. The first-order chi connectivity index (χ1) is 9.36. The number of nitrogens with zero attached hydrogens (tertiary/aromatic N) is 1. The molecular weight excluding hydrogens is 284 g/mol. The Morgan fingerprint density at radius 1 is 1.10 bits per heavy atom. The summed E-state index contributed by atoms with van der Waals surface area (Å²) in [5.74, 6) is 0.928. The third-order valence-corrected chi connectivity index (χ3v) is 4.05. The highest BCUT2D eigenvalue weighted by molar-refractivity contribution is 5.85. The van der Waals surface area contributed by atoms with E-state index in [4.69, 9.17) is 5.73 Å². The van der Waals surface area contributed by atoms with Crippen molar-refractivity contribution in [1.29, 1.82) is 0 Å². The minimum atomic E-state index is 0. The average molecular weight is 313 g/mol. The lowest BCUT2D eigenvalue weighted by molar-refractivity contribution is -0.131. The largest absolute Gasteiger partial charge is 0.342 e. The van der Waals surface area contributed by atoms with E-state index in [1.165, 1.54) is 11.1 Å². The lowest BCUT2D eigenvalue weighted by Crippen LogP contribution is -2.40. The molecule has 3 nitrogen and oxygen atoms in total. The Hall–Kier alpha value is -1.06.